The summed E-state index contributed by atoms with van der Waals surface area (Å²) in [5, 5.41) is 5.63. The Hall–Kier alpha value is -1.34. The van der Waals surface area contributed by atoms with Crippen LogP contribution in [0.25, 0.3) is 0 Å². The van der Waals surface area contributed by atoms with Crippen molar-refractivity contribution < 1.29 is 8.78 Å². The Morgan fingerprint density at radius 1 is 1.45 bits per heavy atom. The number of aromatic nitrogens is 2. The molecule has 1 fully saturated rings. The molecule has 0 bridgehead atoms. The molecule has 3 heterocycles. The van der Waals surface area contributed by atoms with Gasteiger partial charge in [0.25, 0.3) is 5.92 Å². The van der Waals surface area contributed by atoms with Gasteiger partial charge in [-0.2, -0.15) is 0 Å². The normalized spacial score (nSPS) is 23.0. The van der Waals surface area contributed by atoms with Gasteiger partial charge in [-0.05, 0) is 13.0 Å². The number of nitrogens with one attached hydrogen (secondary N) is 2. The number of fused-ring (bicyclic) bond motifs is 1. The molecule has 8 heteroatoms. The van der Waals surface area contributed by atoms with Crippen LogP contribution in [0.15, 0.2) is 11.2 Å². The minimum Gasteiger partial charge on any atom is -0.354 e. The van der Waals surface area contributed by atoms with Crippen LogP contribution < -0.4 is 10.6 Å². The van der Waals surface area contributed by atoms with Crippen LogP contribution in [-0.4, -0.2) is 41.7 Å². The summed E-state index contributed by atoms with van der Waals surface area (Å²) in [4.78, 5) is 12.5. The standard InChI is InChI=1S/C12H15F2N5.ClH/c13-12(14)7-15-2-1-9(12)5-18-11-17-4-8-3-16-6-10(8)19-11;/h3-4,9,15H,1-2,5-7H2,(H,17,18,19);1H/t9-;/m1./s1. The Labute approximate surface area is 121 Å². The molecule has 1 aromatic rings. The highest BCUT2D eigenvalue weighted by molar-refractivity contribution is 5.85. The highest BCUT2D eigenvalue weighted by atomic mass is 35.5. The van der Waals surface area contributed by atoms with E-state index in [9.17, 15) is 8.78 Å². The fourth-order valence-corrected chi connectivity index (χ4v) is 2.33. The van der Waals surface area contributed by atoms with Crippen molar-refractivity contribution in [1.82, 2.24) is 15.3 Å². The van der Waals surface area contributed by atoms with Crippen molar-refractivity contribution in [3.05, 3.63) is 17.5 Å². The Kier molecular flexibility index (Phi) is 4.49. The van der Waals surface area contributed by atoms with E-state index in [0.717, 1.165) is 11.3 Å². The van der Waals surface area contributed by atoms with Crippen LogP contribution in [0.2, 0.25) is 0 Å². The summed E-state index contributed by atoms with van der Waals surface area (Å²) in [5.74, 6) is -2.95. The molecule has 0 unspecified atom stereocenters. The number of halogens is 3. The molecular formula is C12H16ClF2N5. The summed E-state index contributed by atoms with van der Waals surface area (Å²) in [6, 6.07) is 0. The van der Waals surface area contributed by atoms with Gasteiger partial charge in [0.05, 0.1) is 18.8 Å². The molecule has 2 aliphatic rings. The molecule has 1 aromatic heterocycles. The molecule has 3 rings (SSSR count). The second-order valence-corrected chi connectivity index (χ2v) is 4.87. The van der Waals surface area contributed by atoms with Crippen LogP contribution in [0.5, 0.6) is 0 Å². The Morgan fingerprint density at radius 3 is 3.10 bits per heavy atom. The fraction of sp³-hybridized carbons (Fsp3) is 0.583. The van der Waals surface area contributed by atoms with Crippen LogP contribution in [0, 0.1) is 5.92 Å². The molecule has 0 aromatic carbocycles. The summed E-state index contributed by atoms with van der Waals surface area (Å²) < 4.78 is 27.3. The average Bonchev–Trinajstić information content (AvgIpc) is 2.84. The molecule has 0 aliphatic carbocycles. The van der Waals surface area contributed by atoms with Gasteiger partial charge >= 0.3 is 0 Å². The number of anilines is 1. The number of alkyl halides is 2. The predicted molar refractivity (Wildman–Crippen MR) is 75.0 cm³/mol. The monoisotopic (exact) mass is 303 g/mol. The number of piperidine rings is 1. The zero-order chi connectivity index (χ0) is 13.3. The summed E-state index contributed by atoms with van der Waals surface area (Å²) in [7, 11) is 0. The van der Waals surface area contributed by atoms with Gasteiger partial charge in [-0.3, -0.25) is 4.99 Å². The number of hydrogen-bond donors (Lipinski definition) is 2. The predicted octanol–water partition coefficient (Wildman–Crippen LogP) is 1.49. The number of nitrogens with zero attached hydrogens (tertiary/aromatic N) is 3. The van der Waals surface area contributed by atoms with Crippen molar-refractivity contribution >= 4 is 24.6 Å². The minimum absolute atomic E-state index is 0. The van der Waals surface area contributed by atoms with Crippen LogP contribution in [0.3, 0.4) is 0 Å². The molecule has 0 spiro atoms. The SMILES string of the molecule is Cl.FC1(F)CNCC[C@@H]1CNc1ncc2c(n1)CN=C2. The lowest BCUT2D eigenvalue weighted by atomic mass is 9.94. The van der Waals surface area contributed by atoms with Crippen LogP contribution in [0.1, 0.15) is 17.7 Å². The molecule has 2 aliphatic heterocycles. The first-order valence-corrected chi connectivity index (χ1v) is 6.33. The van der Waals surface area contributed by atoms with Crippen molar-refractivity contribution in [2.75, 3.05) is 25.0 Å². The van der Waals surface area contributed by atoms with Crippen molar-refractivity contribution in [1.29, 1.82) is 0 Å². The van der Waals surface area contributed by atoms with E-state index in [2.05, 4.69) is 25.6 Å². The summed E-state index contributed by atoms with van der Waals surface area (Å²) >= 11 is 0. The molecule has 1 atom stereocenters. The van der Waals surface area contributed by atoms with Crippen molar-refractivity contribution in [2.24, 2.45) is 10.9 Å². The molecule has 2 N–H and O–H groups in total. The lowest BCUT2D eigenvalue weighted by Gasteiger charge is -2.31. The fourth-order valence-electron chi connectivity index (χ4n) is 2.33. The molecule has 110 valence electrons. The van der Waals surface area contributed by atoms with E-state index in [-0.39, 0.29) is 25.5 Å². The zero-order valence-corrected chi connectivity index (χ0v) is 11.6. The first-order valence-electron chi connectivity index (χ1n) is 6.33. The largest absolute Gasteiger partial charge is 0.354 e. The van der Waals surface area contributed by atoms with E-state index in [0.29, 0.717) is 25.5 Å². The third-order valence-electron chi connectivity index (χ3n) is 3.51. The topological polar surface area (TPSA) is 62.2 Å². The first-order chi connectivity index (χ1) is 9.15. The first kappa shape index (κ1) is 15.1. The van der Waals surface area contributed by atoms with Gasteiger partial charge in [0, 0.05) is 30.4 Å². The van der Waals surface area contributed by atoms with Crippen molar-refractivity contribution in [3.63, 3.8) is 0 Å². The van der Waals surface area contributed by atoms with Gasteiger partial charge in [0.1, 0.15) is 0 Å². The molecule has 1 saturated heterocycles. The smallest absolute Gasteiger partial charge is 0.264 e. The van der Waals surface area contributed by atoms with Crippen molar-refractivity contribution in [2.45, 2.75) is 18.9 Å². The molecule has 0 radical (unpaired) electrons. The van der Waals surface area contributed by atoms with Gasteiger partial charge in [0.2, 0.25) is 5.95 Å². The third kappa shape index (κ3) is 3.04. The second kappa shape index (κ2) is 5.97. The Morgan fingerprint density at radius 2 is 2.30 bits per heavy atom. The van der Waals surface area contributed by atoms with E-state index < -0.39 is 11.8 Å². The zero-order valence-electron chi connectivity index (χ0n) is 10.8. The molecular weight excluding hydrogens is 288 g/mol. The molecule has 20 heavy (non-hydrogen) atoms. The van der Waals surface area contributed by atoms with Gasteiger partial charge < -0.3 is 10.6 Å². The maximum absolute atomic E-state index is 13.6. The molecule has 5 nitrogen and oxygen atoms in total. The van der Waals surface area contributed by atoms with Gasteiger partial charge in [0.15, 0.2) is 0 Å². The van der Waals surface area contributed by atoms with E-state index in [1.165, 1.54) is 0 Å². The maximum Gasteiger partial charge on any atom is 0.264 e. The van der Waals surface area contributed by atoms with Gasteiger partial charge in [-0.15, -0.1) is 12.4 Å². The summed E-state index contributed by atoms with van der Waals surface area (Å²) in [6.45, 7) is 1.10. The van der Waals surface area contributed by atoms with E-state index in [4.69, 9.17) is 0 Å². The van der Waals surface area contributed by atoms with Crippen LogP contribution in [-0.2, 0) is 6.54 Å². The van der Waals surface area contributed by atoms with E-state index in [1.807, 2.05) is 0 Å². The van der Waals surface area contributed by atoms with Gasteiger partial charge in [-0.1, -0.05) is 0 Å². The third-order valence-corrected chi connectivity index (χ3v) is 3.51. The highest BCUT2D eigenvalue weighted by Crippen LogP contribution is 2.29. The lowest BCUT2D eigenvalue weighted by Crippen LogP contribution is -2.48. The lowest BCUT2D eigenvalue weighted by molar-refractivity contribution is -0.0678. The number of rotatable bonds is 3. The molecule has 0 amide bonds. The number of hydrogen-bond acceptors (Lipinski definition) is 5. The number of aliphatic imine (C=N–C) groups is 1. The highest BCUT2D eigenvalue weighted by Gasteiger charge is 2.41. The Balaban J connectivity index is 0.00000147. The summed E-state index contributed by atoms with van der Waals surface area (Å²) in [5.41, 5.74) is 1.74. The van der Waals surface area contributed by atoms with Crippen LogP contribution >= 0.6 is 12.4 Å². The Bertz CT molecular complexity index is 509. The van der Waals surface area contributed by atoms with E-state index in [1.54, 1.807) is 12.4 Å². The average molecular weight is 304 g/mol. The maximum atomic E-state index is 13.6. The second-order valence-electron chi connectivity index (χ2n) is 4.87. The van der Waals surface area contributed by atoms with E-state index >= 15 is 0 Å². The quantitative estimate of drug-likeness (QED) is 0.888. The van der Waals surface area contributed by atoms with Gasteiger partial charge in [-0.25, -0.2) is 18.7 Å². The van der Waals surface area contributed by atoms with Crippen LogP contribution in [0.4, 0.5) is 14.7 Å². The summed E-state index contributed by atoms with van der Waals surface area (Å²) in [6.07, 6.45) is 3.84. The minimum atomic E-state index is -2.68. The molecule has 0 saturated carbocycles. The van der Waals surface area contributed by atoms with Crippen molar-refractivity contribution in [3.8, 4) is 0 Å².